The molecule has 2 nitrogen and oxygen atoms in total. The molecular weight excluding hydrogens is 195 g/mol. The Balaban J connectivity index is 2.77. The van der Waals surface area contributed by atoms with Crippen LogP contribution in [-0.4, -0.2) is 16.8 Å². The number of aliphatic hydroxyl groups excluding tert-OH is 2. The van der Waals surface area contributed by atoms with Crippen LogP contribution < -0.4 is 0 Å². The molecule has 1 aromatic rings. The lowest BCUT2D eigenvalue weighted by molar-refractivity contribution is 0.182. The van der Waals surface area contributed by atoms with E-state index in [4.69, 9.17) is 5.11 Å². The number of hydrogen-bond acceptors (Lipinski definition) is 2. The van der Waals surface area contributed by atoms with Gasteiger partial charge in [0.05, 0.1) is 0 Å². The molecule has 1 rings (SSSR count). The van der Waals surface area contributed by atoms with Gasteiger partial charge in [-0.2, -0.15) is 0 Å². The van der Waals surface area contributed by atoms with Crippen LogP contribution in [0.1, 0.15) is 18.6 Å². The Morgan fingerprint density at radius 1 is 1.40 bits per heavy atom. The second-order valence-electron chi connectivity index (χ2n) is 3.52. The predicted octanol–water partition coefficient (Wildman–Crippen LogP) is 2.20. The van der Waals surface area contributed by atoms with Gasteiger partial charge in [0.15, 0.2) is 0 Å². The highest BCUT2D eigenvalue weighted by Crippen LogP contribution is 2.23. The first-order chi connectivity index (χ1) is 7.15. The van der Waals surface area contributed by atoms with Crippen LogP contribution in [0.5, 0.6) is 0 Å². The summed E-state index contributed by atoms with van der Waals surface area (Å²) in [6.45, 7) is 1.55. The molecule has 2 atom stereocenters. The van der Waals surface area contributed by atoms with Crippen molar-refractivity contribution in [3.8, 4) is 0 Å². The summed E-state index contributed by atoms with van der Waals surface area (Å²) in [5.74, 6) is -0.911. The zero-order valence-electron chi connectivity index (χ0n) is 8.60. The third-order valence-electron chi connectivity index (χ3n) is 2.11. The molecule has 0 aliphatic rings. The number of hydrogen-bond donors (Lipinski definition) is 2. The molecule has 0 aromatic heterocycles. The monoisotopic (exact) mass is 210 g/mol. The van der Waals surface area contributed by atoms with Crippen molar-refractivity contribution in [2.75, 3.05) is 6.61 Å². The van der Waals surface area contributed by atoms with Gasteiger partial charge in [0.1, 0.15) is 11.9 Å². The minimum absolute atomic E-state index is 0.130. The maximum atomic E-state index is 13.4. The first kappa shape index (κ1) is 11.9. The number of rotatable bonds is 4. The summed E-state index contributed by atoms with van der Waals surface area (Å²) >= 11 is 0. The van der Waals surface area contributed by atoms with E-state index >= 15 is 0 Å². The van der Waals surface area contributed by atoms with E-state index in [1.807, 2.05) is 0 Å². The molecule has 0 saturated heterocycles. The lowest BCUT2D eigenvalue weighted by Gasteiger charge is -2.10. The highest BCUT2D eigenvalue weighted by atomic mass is 19.1. The number of aliphatic hydroxyl groups is 2. The summed E-state index contributed by atoms with van der Waals surface area (Å²) in [6, 6.07) is 8.58. The summed E-state index contributed by atoms with van der Waals surface area (Å²) in [7, 11) is 0. The van der Waals surface area contributed by atoms with E-state index in [-0.39, 0.29) is 12.5 Å². The zero-order valence-corrected chi connectivity index (χ0v) is 8.60. The van der Waals surface area contributed by atoms with Crippen molar-refractivity contribution < 1.29 is 14.6 Å². The van der Waals surface area contributed by atoms with Crippen LogP contribution in [0.15, 0.2) is 42.2 Å². The zero-order chi connectivity index (χ0) is 11.3. The Morgan fingerprint density at radius 2 is 2.00 bits per heavy atom. The topological polar surface area (TPSA) is 40.5 Å². The van der Waals surface area contributed by atoms with Crippen molar-refractivity contribution >= 4 is 0 Å². The molecule has 2 N–H and O–H groups in total. The molecule has 0 saturated carbocycles. The fourth-order valence-electron chi connectivity index (χ4n) is 1.21. The van der Waals surface area contributed by atoms with Crippen LogP contribution >= 0.6 is 0 Å². The lowest BCUT2D eigenvalue weighted by atomic mass is 10.1. The van der Waals surface area contributed by atoms with Crippen LogP contribution in [0.25, 0.3) is 0 Å². The van der Waals surface area contributed by atoms with Gasteiger partial charge in [0.25, 0.3) is 0 Å². The Morgan fingerprint density at radius 3 is 2.53 bits per heavy atom. The maximum absolute atomic E-state index is 13.4. The molecule has 3 heteroatoms. The van der Waals surface area contributed by atoms with Crippen molar-refractivity contribution in [2.45, 2.75) is 13.0 Å². The van der Waals surface area contributed by atoms with Crippen LogP contribution in [0, 0.1) is 5.92 Å². The molecule has 0 radical (unpaired) electrons. The summed E-state index contributed by atoms with van der Waals surface area (Å²) in [4.78, 5) is 0. The molecule has 1 aromatic carbocycles. The Hall–Kier alpha value is -1.19. The Labute approximate surface area is 88.7 Å². The quantitative estimate of drug-likeness (QED) is 0.799. The van der Waals surface area contributed by atoms with E-state index in [9.17, 15) is 9.50 Å². The molecule has 15 heavy (non-hydrogen) atoms. The summed E-state index contributed by atoms with van der Waals surface area (Å²) in [6.07, 6.45) is -0.00213. The van der Waals surface area contributed by atoms with Gasteiger partial charge in [-0.05, 0) is 11.6 Å². The van der Waals surface area contributed by atoms with Gasteiger partial charge in [-0.15, -0.1) is 0 Å². The highest BCUT2D eigenvalue weighted by molar-refractivity contribution is 5.23. The van der Waals surface area contributed by atoms with Gasteiger partial charge in [-0.1, -0.05) is 37.3 Å². The van der Waals surface area contributed by atoms with Gasteiger partial charge in [0, 0.05) is 12.5 Å². The van der Waals surface area contributed by atoms with Crippen molar-refractivity contribution in [1.29, 1.82) is 0 Å². The van der Waals surface area contributed by atoms with Gasteiger partial charge in [-0.25, -0.2) is 4.39 Å². The Bertz CT molecular complexity index is 322. The molecule has 0 spiro atoms. The van der Waals surface area contributed by atoms with Crippen LogP contribution in [-0.2, 0) is 0 Å². The third-order valence-corrected chi connectivity index (χ3v) is 2.11. The first-order valence-corrected chi connectivity index (χ1v) is 4.86. The fourth-order valence-corrected chi connectivity index (χ4v) is 1.21. The largest absolute Gasteiger partial charge is 0.396 e. The molecular formula is C12H15FO2. The van der Waals surface area contributed by atoms with Crippen molar-refractivity contribution in [3.63, 3.8) is 0 Å². The first-order valence-electron chi connectivity index (χ1n) is 4.86. The van der Waals surface area contributed by atoms with Crippen LogP contribution in [0.4, 0.5) is 4.39 Å². The average molecular weight is 210 g/mol. The summed E-state index contributed by atoms with van der Waals surface area (Å²) in [5.41, 5.74) is 0.511. The maximum Gasteiger partial charge on any atom is 0.130 e. The molecule has 0 heterocycles. The third kappa shape index (κ3) is 3.46. The highest BCUT2D eigenvalue weighted by Gasteiger charge is 2.13. The molecule has 0 unspecified atom stereocenters. The fraction of sp³-hybridized carbons (Fsp3) is 0.333. The van der Waals surface area contributed by atoms with Crippen LogP contribution in [0.2, 0.25) is 0 Å². The molecule has 0 fully saturated rings. The van der Waals surface area contributed by atoms with E-state index in [0.29, 0.717) is 5.56 Å². The standard InChI is InChI=1S/C12H15FO2/c1-9(8-14)7-11(13)12(15)10-5-3-2-4-6-10/h2-7,9,12,14-15H,8H2,1H3/b11-7-/t9-,12-/m0/s1. The molecule has 0 amide bonds. The molecule has 0 aliphatic carbocycles. The summed E-state index contributed by atoms with van der Waals surface area (Å²) < 4.78 is 13.4. The van der Waals surface area contributed by atoms with Crippen LogP contribution in [0.3, 0.4) is 0 Å². The van der Waals surface area contributed by atoms with E-state index in [2.05, 4.69) is 0 Å². The second kappa shape index (κ2) is 5.63. The molecule has 0 aliphatic heterocycles. The van der Waals surface area contributed by atoms with Gasteiger partial charge in [0.2, 0.25) is 0 Å². The van der Waals surface area contributed by atoms with E-state index in [1.165, 1.54) is 6.08 Å². The van der Waals surface area contributed by atoms with Gasteiger partial charge >= 0.3 is 0 Å². The van der Waals surface area contributed by atoms with Gasteiger partial charge in [-0.3, -0.25) is 0 Å². The van der Waals surface area contributed by atoms with E-state index in [1.54, 1.807) is 37.3 Å². The van der Waals surface area contributed by atoms with Crippen molar-refractivity contribution in [2.24, 2.45) is 5.92 Å². The van der Waals surface area contributed by atoms with E-state index < -0.39 is 11.9 Å². The smallest absolute Gasteiger partial charge is 0.130 e. The summed E-state index contributed by atoms with van der Waals surface area (Å²) in [5, 5.41) is 18.4. The normalized spacial score (nSPS) is 16.1. The SMILES string of the molecule is C[C@@H](/C=C(\F)[C@@H](O)c1ccccc1)CO. The molecule has 0 bridgehead atoms. The molecule has 82 valence electrons. The predicted molar refractivity (Wildman–Crippen MR) is 56.8 cm³/mol. The average Bonchev–Trinajstić information content (AvgIpc) is 2.29. The Kier molecular flexibility index (Phi) is 4.46. The number of benzene rings is 1. The van der Waals surface area contributed by atoms with Crippen molar-refractivity contribution in [1.82, 2.24) is 0 Å². The van der Waals surface area contributed by atoms with Crippen molar-refractivity contribution in [3.05, 3.63) is 47.8 Å². The van der Waals surface area contributed by atoms with Gasteiger partial charge < -0.3 is 10.2 Å². The minimum atomic E-state index is -1.24. The number of halogens is 1. The van der Waals surface area contributed by atoms with E-state index in [0.717, 1.165) is 0 Å². The lowest BCUT2D eigenvalue weighted by Crippen LogP contribution is -2.02. The second-order valence-corrected chi connectivity index (χ2v) is 3.52. The minimum Gasteiger partial charge on any atom is -0.396 e.